The number of aryl methyl sites for hydroxylation is 1. The van der Waals surface area contributed by atoms with Crippen LogP contribution >= 0.6 is 12.4 Å². The summed E-state index contributed by atoms with van der Waals surface area (Å²) in [6.45, 7) is -1.64. The lowest BCUT2D eigenvalue weighted by Gasteiger charge is -2.14. The predicted molar refractivity (Wildman–Crippen MR) is 75.7 cm³/mol. The lowest BCUT2D eigenvalue weighted by atomic mass is 10.1. The molecule has 9 heteroatoms. The van der Waals surface area contributed by atoms with Gasteiger partial charge in [-0.3, -0.25) is 14.9 Å². The summed E-state index contributed by atoms with van der Waals surface area (Å²) < 4.78 is 25.6. The minimum Gasteiger partial charge on any atom is -0.350 e. The number of nitro groups is 1. The molecule has 0 atom stereocenters. The van der Waals surface area contributed by atoms with E-state index in [1.54, 1.807) is 6.07 Å². The van der Waals surface area contributed by atoms with E-state index in [1.165, 1.54) is 18.2 Å². The fraction of sp³-hybridized carbons (Fsp3) is 0.417. The number of nitro benzene ring substituents is 1. The maximum Gasteiger partial charge on any atom is 0.277 e. The van der Waals surface area contributed by atoms with Gasteiger partial charge in [0, 0.05) is 18.6 Å². The Balaban J connectivity index is 0.00000400. The third-order valence-corrected chi connectivity index (χ3v) is 2.60. The zero-order chi connectivity index (χ0) is 15.2. The van der Waals surface area contributed by atoms with Gasteiger partial charge < -0.3 is 11.1 Å². The summed E-state index contributed by atoms with van der Waals surface area (Å²) in [4.78, 5) is 21.4. The molecule has 1 rings (SSSR count). The van der Waals surface area contributed by atoms with Crippen LogP contribution in [0.2, 0.25) is 0 Å². The Hall–Kier alpha value is -1.80. The first-order valence-corrected chi connectivity index (χ1v) is 5.92. The Labute approximate surface area is 126 Å². The lowest BCUT2D eigenvalue weighted by molar-refractivity contribution is -0.384. The van der Waals surface area contributed by atoms with Crippen LogP contribution in [0.4, 0.5) is 14.5 Å². The largest absolute Gasteiger partial charge is 0.350 e. The van der Waals surface area contributed by atoms with Crippen LogP contribution in [0.5, 0.6) is 0 Å². The van der Waals surface area contributed by atoms with Crippen LogP contribution in [0.1, 0.15) is 12.0 Å². The van der Waals surface area contributed by atoms with Gasteiger partial charge in [-0.15, -0.1) is 12.4 Å². The van der Waals surface area contributed by atoms with E-state index in [0.717, 1.165) is 0 Å². The Bertz CT molecular complexity index is 500. The molecule has 0 aliphatic carbocycles. The maximum absolute atomic E-state index is 12.8. The normalized spacial score (nSPS) is 10.6. The molecule has 6 nitrogen and oxygen atoms in total. The van der Waals surface area contributed by atoms with Crippen molar-refractivity contribution < 1.29 is 18.5 Å². The molecule has 0 fully saturated rings. The van der Waals surface area contributed by atoms with Crippen molar-refractivity contribution in [2.75, 3.05) is 13.1 Å². The molecule has 1 aromatic carbocycles. The maximum atomic E-state index is 12.8. The second kappa shape index (κ2) is 8.48. The molecule has 1 amide bonds. The molecule has 0 aliphatic rings. The van der Waals surface area contributed by atoms with Gasteiger partial charge in [0.2, 0.25) is 5.91 Å². The minimum absolute atomic E-state index is 0. The average Bonchev–Trinajstić information content (AvgIpc) is 2.43. The summed E-state index contributed by atoms with van der Waals surface area (Å²) >= 11 is 0. The van der Waals surface area contributed by atoms with Gasteiger partial charge in [0.05, 0.1) is 18.0 Å². The van der Waals surface area contributed by atoms with Crippen LogP contribution in [0.25, 0.3) is 0 Å². The van der Waals surface area contributed by atoms with E-state index in [-0.39, 0.29) is 30.9 Å². The molecule has 0 saturated heterocycles. The van der Waals surface area contributed by atoms with Gasteiger partial charge in [-0.05, 0) is 12.0 Å². The molecule has 0 heterocycles. The number of carbonyl (C=O) groups excluding carboxylic acids is 1. The molecule has 0 radical (unpaired) electrons. The van der Waals surface area contributed by atoms with Crippen molar-refractivity contribution in [1.29, 1.82) is 0 Å². The van der Waals surface area contributed by atoms with E-state index in [2.05, 4.69) is 5.32 Å². The summed E-state index contributed by atoms with van der Waals surface area (Å²) in [5.74, 6) is -3.68. The highest BCUT2D eigenvalue weighted by atomic mass is 35.5. The third-order valence-electron chi connectivity index (χ3n) is 2.60. The van der Waals surface area contributed by atoms with Crippen LogP contribution in [0, 0.1) is 10.1 Å². The summed E-state index contributed by atoms with van der Waals surface area (Å²) in [6, 6.07) is 5.83. The van der Waals surface area contributed by atoms with Crippen LogP contribution in [-0.4, -0.2) is 29.8 Å². The molecule has 0 aliphatic heterocycles. The number of halogens is 3. The van der Waals surface area contributed by atoms with Gasteiger partial charge in [0.1, 0.15) is 0 Å². The number of amides is 1. The second-order valence-electron chi connectivity index (χ2n) is 4.26. The highest BCUT2D eigenvalue weighted by Crippen LogP contribution is 2.14. The zero-order valence-electron chi connectivity index (χ0n) is 11.1. The van der Waals surface area contributed by atoms with Gasteiger partial charge in [-0.1, -0.05) is 12.1 Å². The molecular weight excluding hydrogens is 308 g/mol. The van der Waals surface area contributed by atoms with E-state index in [0.29, 0.717) is 5.56 Å². The zero-order valence-corrected chi connectivity index (χ0v) is 11.9. The number of hydrogen-bond donors (Lipinski definition) is 2. The highest BCUT2D eigenvalue weighted by Gasteiger charge is 2.26. The smallest absolute Gasteiger partial charge is 0.277 e. The van der Waals surface area contributed by atoms with E-state index in [4.69, 9.17) is 5.73 Å². The van der Waals surface area contributed by atoms with Crippen molar-refractivity contribution in [3.63, 3.8) is 0 Å². The first kappa shape index (κ1) is 19.2. The third kappa shape index (κ3) is 6.96. The average molecular weight is 324 g/mol. The van der Waals surface area contributed by atoms with Crippen molar-refractivity contribution >= 4 is 24.0 Å². The van der Waals surface area contributed by atoms with E-state index < -0.39 is 29.8 Å². The lowest BCUT2D eigenvalue weighted by Crippen LogP contribution is -2.41. The van der Waals surface area contributed by atoms with Gasteiger partial charge >= 0.3 is 0 Å². The number of nitrogens with two attached hydrogens (primary N) is 1. The molecule has 21 heavy (non-hydrogen) atoms. The van der Waals surface area contributed by atoms with Gasteiger partial charge in [-0.2, -0.15) is 0 Å². The number of alkyl halides is 2. The molecule has 0 spiro atoms. The van der Waals surface area contributed by atoms with Crippen molar-refractivity contribution in [3.05, 3.63) is 39.9 Å². The fourth-order valence-corrected chi connectivity index (χ4v) is 1.47. The number of nitrogens with zero attached hydrogens (tertiary/aromatic N) is 1. The number of hydrogen-bond acceptors (Lipinski definition) is 4. The van der Waals surface area contributed by atoms with E-state index in [9.17, 15) is 23.7 Å². The SMILES string of the molecule is Cl.NCC(F)(F)CNC(=O)CCc1cccc([N+](=O)[O-])c1. The van der Waals surface area contributed by atoms with Gasteiger partial charge in [-0.25, -0.2) is 8.78 Å². The number of carbonyl (C=O) groups is 1. The summed E-state index contributed by atoms with van der Waals surface area (Å²) in [5, 5.41) is 12.6. The predicted octanol–water partition coefficient (Wildman–Crippen LogP) is 1.66. The number of rotatable bonds is 7. The first-order valence-electron chi connectivity index (χ1n) is 5.92. The summed E-state index contributed by atoms with van der Waals surface area (Å²) in [6.07, 6.45) is 0.212. The Morgan fingerprint density at radius 1 is 1.43 bits per heavy atom. The molecule has 0 unspecified atom stereocenters. The molecular formula is C12H16ClF2N3O3. The molecule has 118 valence electrons. The van der Waals surface area contributed by atoms with Crippen molar-refractivity contribution in [3.8, 4) is 0 Å². The van der Waals surface area contributed by atoms with Crippen LogP contribution in [-0.2, 0) is 11.2 Å². The topological polar surface area (TPSA) is 98.3 Å². The standard InChI is InChI=1S/C12H15F2N3O3.ClH/c13-12(14,7-15)8-16-11(18)5-4-9-2-1-3-10(6-9)17(19)20;/h1-3,6H,4-5,7-8,15H2,(H,16,18);1H. The van der Waals surface area contributed by atoms with E-state index in [1.807, 2.05) is 0 Å². The Morgan fingerprint density at radius 2 is 2.10 bits per heavy atom. The molecule has 0 saturated carbocycles. The van der Waals surface area contributed by atoms with Gasteiger partial charge in [0.25, 0.3) is 11.6 Å². The molecule has 0 bridgehead atoms. The number of benzene rings is 1. The quantitative estimate of drug-likeness (QED) is 0.589. The number of nitrogens with one attached hydrogen (secondary N) is 1. The second-order valence-corrected chi connectivity index (χ2v) is 4.26. The van der Waals surface area contributed by atoms with Crippen LogP contribution < -0.4 is 11.1 Å². The molecule has 0 aromatic heterocycles. The van der Waals surface area contributed by atoms with Crippen molar-refractivity contribution in [2.24, 2.45) is 5.73 Å². The van der Waals surface area contributed by atoms with Crippen molar-refractivity contribution in [1.82, 2.24) is 5.32 Å². The Morgan fingerprint density at radius 3 is 2.67 bits per heavy atom. The van der Waals surface area contributed by atoms with Crippen molar-refractivity contribution in [2.45, 2.75) is 18.8 Å². The van der Waals surface area contributed by atoms with E-state index >= 15 is 0 Å². The molecule has 1 aromatic rings. The minimum atomic E-state index is -3.12. The monoisotopic (exact) mass is 323 g/mol. The molecule has 3 N–H and O–H groups in total. The summed E-state index contributed by atoms with van der Waals surface area (Å²) in [5.41, 5.74) is 5.36. The van der Waals surface area contributed by atoms with Crippen LogP contribution in [0.15, 0.2) is 24.3 Å². The summed E-state index contributed by atoms with van der Waals surface area (Å²) in [7, 11) is 0. The van der Waals surface area contributed by atoms with Gasteiger partial charge in [0.15, 0.2) is 0 Å². The Kier molecular flexibility index (Phi) is 7.75. The van der Waals surface area contributed by atoms with Crippen LogP contribution in [0.3, 0.4) is 0 Å². The number of non-ortho nitro benzene ring substituents is 1. The fourth-order valence-electron chi connectivity index (χ4n) is 1.47. The highest BCUT2D eigenvalue weighted by molar-refractivity contribution is 5.85. The first-order chi connectivity index (χ1) is 9.34.